The largest absolute Gasteiger partial charge is 0.496 e. The summed E-state index contributed by atoms with van der Waals surface area (Å²) in [7, 11) is 3.15. The first-order valence-corrected chi connectivity index (χ1v) is 6.60. The minimum Gasteiger partial charge on any atom is -0.496 e. The van der Waals surface area contributed by atoms with Gasteiger partial charge in [0, 0.05) is 0 Å². The molecule has 0 N–H and O–H groups in total. The molecular weight excluding hydrogens is 284 g/mol. The van der Waals surface area contributed by atoms with Crippen molar-refractivity contribution in [3.63, 3.8) is 0 Å². The molecule has 1 heterocycles. The average molecular weight is 298 g/mol. The van der Waals surface area contributed by atoms with Gasteiger partial charge in [-0.3, -0.25) is 0 Å². The maximum Gasteiger partial charge on any atom is 0.295 e. The minimum atomic E-state index is 0.232. The number of oxime groups is 2. The van der Waals surface area contributed by atoms with E-state index in [4.69, 9.17) is 19.1 Å². The van der Waals surface area contributed by atoms with E-state index in [1.165, 1.54) is 0 Å². The van der Waals surface area contributed by atoms with Crippen LogP contribution in [0, 0.1) is 0 Å². The molecular formula is C16H14N2O4. The van der Waals surface area contributed by atoms with Gasteiger partial charge < -0.3 is 19.1 Å². The quantitative estimate of drug-likeness (QED) is 0.870. The van der Waals surface area contributed by atoms with Crippen LogP contribution in [-0.2, 0) is 9.68 Å². The molecule has 3 rings (SSSR count). The van der Waals surface area contributed by atoms with Crippen molar-refractivity contribution >= 4 is 11.8 Å². The van der Waals surface area contributed by atoms with E-state index >= 15 is 0 Å². The number of para-hydroxylation sites is 2. The van der Waals surface area contributed by atoms with Gasteiger partial charge in [-0.1, -0.05) is 24.3 Å². The standard InChI is InChI=1S/C16H14N2O4/c1-19-13-9-5-3-7-11(13)15-17-22-16(18-21-15)12-8-4-6-10-14(12)20-2/h3-10H,1-2H3. The van der Waals surface area contributed by atoms with Gasteiger partial charge in [0.1, 0.15) is 11.5 Å². The lowest BCUT2D eigenvalue weighted by Gasteiger charge is -2.14. The van der Waals surface area contributed by atoms with Crippen LogP contribution in [-0.4, -0.2) is 26.0 Å². The van der Waals surface area contributed by atoms with E-state index in [9.17, 15) is 0 Å². The highest BCUT2D eigenvalue weighted by molar-refractivity contribution is 6.02. The zero-order valence-electron chi connectivity index (χ0n) is 12.1. The van der Waals surface area contributed by atoms with E-state index < -0.39 is 0 Å². The van der Waals surface area contributed by atoms with Crippen molar-refractivity contribution in [1.82, 2.24) is 0 Å². The molecule has 0 radical (unpaired) electrons. The number of hydrogen-bond acceptors (Lipinski definition) is 6. The second-order valence-corrected chi connectivity index (χ2v) is 4.38. The summed E-state index contributed by atoms with van der Waals surface area (Å²) in [4.78, 5) is 10.7. The highest BCUT2D eigenvalue weighted by atomic mass is 16.7. The van der Waals surface area contributed by atoms with Gasteiger partial charge in [0.05, 0.1) is 25.3 Å². The van der Waals surface area contributed by atoms with Gasteiger partial charge in [-0.15, -0.1) is 0 Å². The topological polar surface area (TPSA) is 61.6 Å². The fourth-order valence-electron chi connectivity index (χ4n) is 2.04. The van der Waals surface area contributed by atoms with Gasteiger partial charge >= 0.3 is 0 Å². The molecule has 0 amide bonds. The Balaban J connectivity index is 1.85. The van der Waals surface area contributed by atoms with Crippen molar-refractivity contribution in [3.8, 4) is 11.5 Å². The van der Waals surface area contributed by atoms with Crippen molar-refractivity contribution in [2.75, 3.05) is 14.2 Å². The molecule has 0 saturated heterocycles. The summed E-state index contributed by atoms with van der Waals surface area (Å²) in [6, 6.07) is 14.6. The second kappa shape index (κ2) is 6.17. The predicted octanol–water partition coefficient (Wildman–Crippen LogP) is 2.77. The Morgan fingerprint density at radius 1 is 0.682 bits per heavy atom. The van der Waals surface area contributed by atoms with Crippen LogP contribution in [0.5, 0.6) is 11.5 Å². The maximum atomic E-state index is 5.35. The molecule has 6 heteroatoms. The summed E-state index contributed by atoms with van der Waals surface area (Å²) in [5, 5.41) is 7.94. The second-order valence-electron chi connectivity index (χ2n) is 4.38. The lowest BCUT2D eigenvalue weighted by molar-refractivity contribution is 0.217. The smallest absolute Gasteiger partial charge is 0.295 e. The predicted molar refractivity (Wildman–Crippen MR) is 81.2 cm³/mol. The molecule has 112 valence electrons. The summed E-state index contributed by atoms with van der Waals surface area (Å²) in [6.45, 7) is 0. The molecule has 0 saturated carbocycles. The Labute approximate surface area is 127 Å². The minimum absolute atomic E-state index is 0.232. The maximum absolute atomic E-state index is 5.35. The third-order valence-electron chi connectivity index (χ3n) is 3.10. The van der Waals surface area contributed by atoms with Crippen LogP contribution in [0.2, 0.25) is 0 Å². The van der Waals surface area contributed by atoms with Crippen LogP contribution < -0.4 is 9.47 Å². The molecule has 2 aromatic carbocycles. The first kappa shape index (κ1) is 13.9. The Morgan fingerprint density at radius 3 is 1.45 bits per heavy atom. The van der Waals surface area contributed by atoms with Gasteiger partial charge in [-0.05, 0) is 34.6 Å². The SMILES string of the molecule is COc1ccccc1C1=NOC(c2ccccc2OC)=NO1. The van der Waals surface area contributed by atoms with Gasteiger partial charge in [-0.25, -0.2) is 0 Å². The lowest BCUT2D eigenvalue weighted by atomic mass is 10.2. The van der Waals surface area contributed by atoms with E-state index in [1.807, 2.05) is 36.4 Å². The fraction of sp³-hybridized carbons (Fsp3) is 0.125. The number of benzene rings is 2. The van der Waals surface area contributed by atoms with Crippen molar-refractivity contribution in [2.45, 2.75) is 0 Å². The summed E-state index contributed by atoms with van der Waals surface area (Å²) in [5.74, 6) is 1.72. The zero-order chi connectivity index (χ0) is 15.4. The molecule has 2 aromatic rings. The Morgan fingerprint density at radius 2 is 1.09 bits per heavy atom. The van der Waals surface area contributed by atoms with E-state index in [2.05, 4.69) is 10.3 Å². The molecule has 6 nitrogen and oxygen atoms in total. The highest BCUT2D eigenvalue weighted by Crippen LogP contribution is 2.24. The molecule has 0 bridgehead atoms. The van der Waals surface area contributed by atoms with Crippen LogP contribution >= 0.6 is 0 Å². The van der Waals surface area contributed by atoms with Crippen molar-refractivity contribution in [2.24, 2.45) is 10.3 Å². The summed E-state index contributed by atoms with van der Waals surface area (Å²) >= 11 is 0. The molecule has 0 unspecified atom stereocenters. The number of rotatable bonds is 4. The Bertz CT molecular complexity index is 677. The summed E-state index contributed by atoms with van der Waals surface area (Å²) < 4.78 is 10.5. The molecule has 0 aliphatic carbocycles. The van der Waals surface area contributed by atoms with Crippen LogP contribution in [0.1, 0.15) is 11.1 Å². The van der Waals surface area contributed by atoms with Crippen LogP contribution in [0.4, 0.5) is 0 Å². The van der Waals surface area contributed by atoms with Crippen molar-refractivity contribution < 1.29 is 19.1 Å². The van der Waals surface area contributed by atoms with Gasteiger partial charge in [-0.2, -0.15) is 0 Å². The first-order chi connectivity index (χ1) is 10.8. The molecule has 0 fully saturated rings. The van der Waals surface area contributed by atoms with E-state index in [1.54, 1.807) is 26.4 Å². The molecule has 22 heavy (non-hydrogen) atoms. The van der Waals surface area contributed by atoms with Crippen molar-refractivity contribution in [3.05, 3.63) is 59.7 Å². The number of hydrogen-bond donors (Lipinski definition) is 0. The van der Waals surface area contributed by atoms with Crippen LogP contribution in [0.25, 0.3) is 0 Å². The molecule has 0 aromatic heterocycles. The molecule has 1 aliphatic heterocycles. The third kappa shape index (κ3) is 2.58. The average Bonchev–Trinajstić information content (AvgIpc) is 2.62. The number of ether oxygens (including phenoxy) is 2. The Hall–Kier alpha value is -3.02. The number of nitrogens with zero attached hydrogens (tertiary/aromatic N) is 2. The number of methoxy groups -OCH3 is 2. The van der Waals surface area contributed by atoms with Crippen LogP contribution in [0.3, 0.4) is 0 Å². The van der Waals surface area contributed by atoms with Crippen molar-refractivity contribution in [1.29, 1.82) is 0 Å². The van der Waals surface area contributed by atoms with Crippen LogP contribution in [0.15, 0.2) is 58.8 Å². The molecule has 0 atom stereocenters. The lowest BCUT2D eigenvalue weighted by Crippen LogP contribution is -2.16. The summed E-state index contributed by atoms with van der Waals surface area (Å²) in [6.07, 6.45) is 0. The first-order valence-electron chi connectivity index (χ1n) is 6.60. The summed E-state index contributed by atoms with van der Waals surface area (Å²) in [5.41, 5.74) is 1.32. The van der Waals surface area contributed by atoms with Gasteiger partial charge in [0.25, 0.3) is 11.8 Å². The highest BCUT2D eigenvalue weighted by Gasteiger charge is 2.21. The monoisotopic (exact) mass is 298 g/mol. The fourth-order valence-corrected chi connectivity index (χ4v) is 2.04. The molecule has 0 spiro atoms. The van der Waals surface area contributed by atoms with Gasteiger partial charge in [0.15, 0.2) is 0 Å². The molecule has 1 aliphatic rings. The Kier molecular flexibility index (Phi) is 3.91. The van der Waals surface area contributed by atoms with E-state index in [-0.39, 0.29) is 11.8 Å². The van der Waals surface area contributed by atoms with Gasteiger partial charge in [0.2, 0.25) is 0 Å². The van der Waals surface area contributed by atoms with E-state index in [0.29, 0.717) is 22.6 Å². The van der Waals surface area contributed by atoms with E-state index in [0.717, 1.165) is 0 Å². The normalized spacial score (nSPS) is 13.4. The zero-order valence-corrected chi connectivity index (χ0v) is 12.1. The third-order valence-corrected chi connectivity index (χ3v) is 3.10.